The Morgan fingerprint density at radius 1 is 1.31 bits per heavy atom. The van der Waals surface area contributed by atoms with Crippen LogP contribution in [0, 0.1) is 5.92 Å². The molecule has 1 heterocycles. The average molecular weight is 211 g/mol. The lowest BCUT2D eigenvalue weighted by Gasteiger charge is -2.03. The van der Waals surface area contributed by atoms with Crippen molar-refractivity contribution in [3.8, 4) is 0 Å². The van der Waals surface area contributed by atoms with Gasteiger partial charge in [0.15, 0.2) is 0 Å². The molecule has 0 saturated heterocycles. The first kappa shape index (κ1) is 9.52. The lowest BCUT2D eigenvalue weighted by atomic mass is 10.0. The first-order valence-corrected chi connectivity index (χ1v) is 5.61. The van der Waals surface area contributed by atoms with Gasteiger partial charge in [-0.3, -0.25) is 9.78 Å². The highest BCUT2D eigenvalue weighted by Gasteiger charge is 2.42. The fourth-order valence-corrected chi connectivity index (χ4v) is 2.42. The van der Waals surface area contributed by atoms with Gasteiger partial charge in [-0.1, -0.05) is 24.3 Å². The predicted octanol–water partition coefficient (Wildman–Crippen LogP) is 2.93. The fraction of sp³-hybridized carbons (Fsp3) is 0.286. The number of aromatic nitrogens is 1. The number of carbonyl (C=O) groups is 1. The molecule has 2 heteroatoms. The van der Waals surface area contributed by atoms with Crippen LogP contribution in [0.1, 0.15) is 24.8 Å². The summed E-state index contributed by atoms with van der Waals surface area (Å²) in [4.78, 5) is 15.7. The van der Waals surface area contributed by atoms with Crippen LogP contribution in [-0.2, 0) is 4.79 Å². The molecule has 1 aromatic heterocycles. The van der Waals surface area contributed by atoms with Gasteiger partial charge in [0.2, 0.25) is 0 Å². The zero-order valence-corrected chi connectivity index (χ0v) is 9.18. The van der Waals surface area contributed by atoms with Gasteiger partial charge in [-0.25, -0.2) is 0 Å². The highest BCUT2D eigenvalue weighted by atomic mass is 16.1. The van der Waals surface area contributed by atoms with Crippen molar-refractivity contribution in [2.45, 2.75) is 19.3 Å². The third-order valence-electron chi connectivity index (χ3n) is 3.38. The molecule has 2 aromatic rings. The number of para-hydroxylation sites is 1. The molecule has 80 valence electrons. The second kappa shape index (κ2) is 3.41. The van der Waals surface area contributed by atoms with E-state index in [4.69, 9.17) is 0 Å². The molecule has 3 rings (SSSR count). The third-order valence-corrected chi connectivity index (χ3v) is 3.38. The highest BCUT2D eigenvalue weighted by molar-refractivity contribution is 5.87. The van der Waals surface area contributed by atoms with E-state index in [1.807, 2.05) is 12.3 Å². The van der Waals surface area contributed by atoms with Gasteiger partial charge in [-0.15, -0.1) is 0 Å². The first-order valence-electron chi connectivity index (χ1n) is 5.61. The van der Waals surface area contributed by atoms with E-state index in [0.717, 1.165) is 17.3 Å². The van der Waals surface area contributed by atoms with Crippen LogP contribution in [0.3, 0.4) is 0 Å². The first-order chi connectivity index (χ1) is 7.77. The summed E-state index contributed by atoms with van der Waals surface area (Å²) in [5, 5.41) is 1.16. The molecule has 0 amide bonds. The van der Waals surface area contributed by atoms with Crippen LogP contribution in [0.25, 0.3) is 10.9 Å². The molecule has 2 atom stereocenters. The topological polar surface area (TPSA) is 30.0 Å². The molecule has 0 radical (unpaired) electrons. The molecule has 1 saturated carbocycles. The minimum Gasteiger partial charge on any atom is -0.300 e. The van der Waals surface area contributed by atoms with E-state index in [1.54, 1.807) is 6.92 Å². The summed E-state index contributed by atoms with van der Waals surface area (Å²) in [6.45, 7) is 1.68. The van der Waals surface area contributed by atoms with Gasteiger partial charge in [0.1, 0.15) is 5.78 Å². The van der Waals surface area contributed by atoms with Crippen LogP contribution < -0.4 is 0 Å². The number of benzene rings is 1. The fourth-order valence-electron chi connectivity index (χ4n) is 2.42. The normalized spacial score (nSPS) is 23.3. The number of hydrogen-bond donors (Lipinski definition) is 0. The Bertz CT molecular complexity index is 556. The zero-order valence-electron chi connectivity index (χ0n) is 9.18. The van der Waals surface area contributed by atoms with Gasteiger partial charge in [0.25, 0.3) is 0 Å². The van der Waals surface area contributed by atoms with Gasteiger partial charge in [-0.05, 0) is 30.9 Å². The minimum atomic E-state index is 0.229. The number of hydrogen-bond acceptors (Lipinski definition) is 2. The Balaban J connectivity index is 2.08. The summed E-state index contributed by atoms with van der Waals surface area (Å²) in [5.74, 6) is 0.932. The van der Waals surface area contributed by atoms with Crippen molar-refractivity contribution in [3.63, 3.8) is 0 Å². The van der Waals surface area contributed by atoms with Crippen molar-refractivity contribution in [2.75, 3.05) is 0 Å². The van der Waals surface area contributed by atoms with E-state index in [0.29, 0.717) is 11.7 Å². The van der Waals surface area contributed by atoms with Gasteiger partial charge in [-0.2, -0.15) is 0 Å². The molecule has 16 heavy (non-hydrogen) atoms. The average Bonchev–Trinajstić information content (AvgIpc) is 3.08. The molecule has 1 aromatic carbocycles. The van der Waals surface area contributed by atoms with Crippen molar-refractivity contribution in [2.24, 2.45) is 5.92 Å². The van der Waals surface area contributed by atoms with Crippen LogP contribution in [0.2, 0.25) is 0 Å². The summed E-state index contributed by atoms with van der Waals surface area (Å²) in [7, 11) is 0. The van der Waals surface area contributed by atoms with E-state index < -0.39 is 0 Å². The maximum atomic E-state index is 11.3. The molecule has 2 unspecified atom stereocenters. The SMILES string of the molecule is CC(=O)C1CC1c1cccc2cccnc12. The van der Waals surface area contributed by atoms with E-state index in [9.17, 15) is 4.79 Å². The standard InChI is InChI=1S/C14H13NO/c1-9(16)12-8-13(12)11-6-2-4-10-5-3-7-15-14(10)11/h2-7,12-13H,8H2,1H3. The van der Waals surface area contributed by atoms with Gasteiger partial charge in [0.05, 0.1) is 5.52 Å². The molecular weight excluding hydrogens is 198 g/mol. The molecule has 0 bridgehead atoms. The number of pyridine rings is 1. The van der Waals surface area contributed by atoms with Gasteiger partial charge in [0, 0.05) is 17.5 Å². The molecular formula is C14H13NO. The van der Waals surface area contributed by atoms with Crippen LogP contribution in [0.5, 0.6) is 0 Å². The predicted molar refractivity (Wildman–Crippen MR) is 63.3 cm³/mol. The molecule has 0 N–H and O–H groups in total. The minimum absolute atomic E-state index is 0.229. The highest BCUT2D eigenvalue weighted by Crippen LogP contribution is 2.49. The quantitative estimate of drug-likeness (QED) is 0.764. The number of fused-ring (bicyclic) bond motifs is 1. The summed E-state index contributed by atoms with van der Waals surface area (Å²) < 4.78 is 0. The number of ketones is 1. The maximum absolute atomic E-state index is 11.3. The second-order valence-corrected chi connectivity index (χ2v) is 4.48. The van der Waals surface area contributed by atoms with Gasteiger partial charge < -0.3 is 0 Å². The van der Waals surface area contributed by atoms with E-state index in [2.05, 4.69) is 29.2 Å². The van der Waals surface area contributed by atoms with Crippen molar-refractivity contribution in [1.29, 1.82) is 0 Å². The summed E-state index contributed by atoms with van der Waals surface area (Å²) >= 11 is 0. The molecule has 1 aliphatic carbocycles. The molecule has 2 nitrogen and oxygen atoms in total. The van der Waals surface area contributed by atoms with Crippen LogP contribution in [-0.4, -0.2) is 10.8 Å². The number of nitrogens with zero attached hydrogens (tertiary/aromatic N) is 1. The van der Waals surface area contributed by atoms with Crippen molar-refractivity contribution in [3.05, 3.63) is 42.1 Å². The Labute approximate surface area is 94.3 Å². The van der Waals surface area contributed by atoms with Crippen molar-refractivity contribution < 1.29 is 4.79 Å². The van der Waals surface area contributed by atoms with Crippen molar-refractivity contribution in [1.82, 2.24) is 4.98 Å². The van der Waals surface area contributed by atoms with Crippen molar-refractivity contribution >= 4 is 16.7 Å². The summed E-state index contributed by atoms with van der Waals surface area (Å²) in [6, 6.07) is 10.2. The Kier molecular flexibility index (Phi) is 2.03. The van der Waals surface area contributed by atoms with E-state index in [-0.39, 0.29) is 5.92 Å². The van der Waals surface area contributed by atoms with Crippen LogP contribution in [0.15, 0.2) is 36.5 Å². The Hall–Kier alpha value is -1.70. The molecule has 0 spiro atoms. The van der Waals surface area contributed by atoms with E-state index in [1.165, 1.54) is 5.56 Å². The molecule has 1 fully saturated rings. The maximum Gasteiger partial charge on any atom is 0.133 e. The lowest BCUT2D eigenvalue weighted by molar-refractivity contribution is -0.118. The van der Waals surface area contributed by atoms with E-state index >= 15 is 0 Å². The second-order valence-electron chi connectivity index (χ2n) is 4.48. The molecule has 0 aliphatic heterocycles. The third kappa shape index (κ3) is 1.42. The Morgan fingerprint density at radius 3 is 2.88 bits per heavy atom. The number of Topliss-reactive ketones (excluding diaryl/α,β-unsaturated/α-hetero) is 1. The monoisotopic (exact) mass is 211 g/mol. The smallest absolute Gasteiger partial charge is 0.133 e. The molecule has 1 aliphatic rings. The Morgan fingerprint density at radius 2 is 2.12 bits per heavy atom. The van der Waals surface area contributed by atoms with Crippen LogP contribution >= 0.6 is 0 Å². The largest absolute Gasteiger partial charge is 0.300 e. The zero-order chi connectivity index (χ0) is 11.1. The summed E-state index contributed by atoms with van der Waals surface area (Å²) in [6.07, 6.45) is 2.81. The number of carbonyl (C=O) groups excluding carboxylic acids is 1. The van der Waals surface area contributed by atoms with Crippen LogP contribution in [0.4, 0.5) is 0 Å². The van der Waals surface area contributed by atoms with Gasteiger partial charge >= 0.3 is 0 Å². The number of rotatable bonds is 2. The lowest BCUT2D eigenvalue weighted by Crippen LogP contribution is -1.95. The summed E-state index contributed by atoms with van der Waals surface area (Å²) in [5.41, 5.74) is 2.29.